The molecule has 2 aliphatic heterocycles. The second kappa shape index (κ2) is 52.6. The zero-order valence-corrected chi connectivity index (χ0v) is 84.4. The summed E-state index contributed by atoms with van der Waals surface area (Å²) in [6.45, 7) is 14.9. The number of nitrogens with one attached hydrogen (secondary N) is 4. The van der Waals surface area contributed by atoms with Gasteiger partial charge in [-0.2, -0.15) is 19.9 Å². The van der Waals surface area contributed by atoms with Crippen molar-refractivity contribution >= 4 is 172 Å². The van der Waals surface area contributed by atoms with Gasteiger partial charge in [0.1, 0.15) is 31.2 Å². The number of aryl methyl sites for hydroxylation is 3. The minimum atomic E-state index is -3.79. The summed E-state index contributed by atoms with van der Waals surface area (Å²) in [5.74, 6) is 0.503. The van der Waals surface area contributed by atoms with Crippen molar-refractivity contribution in [2.45, 2.75) is 72.0 Å². The van der Waals surface area contributed by atoms with Crippen LogP contribution in [0, 0.1) is 33.2 Å². The van der Waals surface area contributed by atoms with E-state index in [0.29, 0.717) is 77.4 Å². The number of nitrogens with zero attached hydrogens (tertiary/aromatic N) is 13. The van der Waals surface area contributed by atoms with Crippen LogP contribution in [0.2, 0.25) is 0 Å². The van der Waals surface area contributed by atoms with Crippen LogP contribution in [0.3, 0.4) is 0 Å². The fourth-order valence-corrected chi connectivity index (χ4v) is 22.4. The first-order chi connectivity index (χ1) is 69.3. The van der Waals surface area contributed by atoms with E-state index in [0.717, 1.165) is 74.9 Å². The molecule has 5 unspecified atom stereocenters. The largest absolute Gasteiger partial charge is 0.369 e. The van der Waals surface area contributed by atoms with Gasteiger partial charge in [0.15, 0.2) is 50.3 Å². The Morgan fingerprint density at radius 2 is 0.708 bits per heavy atom. The van der Waals surface area contributed by atoms with Crippen LogP contribution in [0.15, 0.2) is 196 Å². The molecule has 6 aromatic carbocycles. The van der Waals surface area contributed by atoms with Crippen LogP contribution >= 0.6 is 77.4 Å². The number of thioether (sulfide) groups is 4. The Kier molecular flexibility index (Phi) is 39.8. The standard InChI is InChI=1S/C28H29N6O7PS2.C28H32N5O7PS2.C17H19FN5O5P.C17H20N5O5P/c1-19-3-5-20(6-4-19)26(36)43-15-13-40-42(38,41-14-16-44-27(37)21-7-9-22(30-2)10-8-21)18-39-12-11-34-17-31-23-24(34)32-28(29)33-25(23)35;1-19-3-7-21(8-4-19)26(35)42-15-13-39-41(37,40-14-16-43-27(36)22-9-5-20(2)6-10-22)18-38-12-11-33-17-30-23-24(33)31-28(29)32-25(23)34;18-12-3-1-11(2-4-12)13-5-7-27-29(25,28-13)10-26-8-6-23-9-20-14-15(23)21-17(19)22-16(14)24;18-17-20-15-14(16(23)21-17)19-10-22(15)7-9-25-11-28(24)26-8-6-13(27-28)12-4-2-1-3-5-12/h3-10,17H,11-16,18H2,1H3,(H3,29,32,33,35);3-10,17H,11-16,18H2,1-2H3,(H3,29,31,32,34);1-4,9,13H,5-8,10H2,(H3,19,21,22,24);1-5,10,13H,6-9,11H2,(H3,18,20,21,23). The molecule has 45 nitrogen and oxygen atoms in total. The molecule has 16 rings (SSSR count). The first-order valence-electron chi connectivity index (χ1n) is 44.2. The van der Waals surface area contributed by atoms with Crippen molar-refractivity contribution in [2.75, 3.05) is 137 Å². The van der Waals surface area contributed by atoms with E-state index in [1.54, 1.807) is 91.1 Å². The maximum atomic E-state index is 13.5. The van der Waals surface area contributed by atoms with Crippen LogP contribution in [-0.4, -0.2) is 213 Å². The first kappa shape index (κ1) is 109. The fourth-order valence-electron chi connectivity index (χ4n) is 13.5. The minimum Gasteiger partial charge on any atom is -0.369 e. The van der Waals surface area contributed by atoms with E-state index in [9.17, 15) is 61.0 Å². The topological polar surface area (TPSA) is 610 Å². The molecule has 0 radical (unpaired) electrons. The number of carbonyl (C=O) groups is 4. The smallest absolute Gasteiger partial charge is 0.356 e. The lowest BCUT2D eigenvalue weighted by Crippen LogP contribution is -2.17. The Labute approximate surface area is 837 Å². The SMILES string of the molecule is Cc1ccc(C(=O)SCCOP(=O)(COCCn2cnc3c(=O)[nH]c(N)nc32)OCCSC(=O)c2ccc(C)cc2)cc1.Nc1nc2c(ncn2CCOCP2(=O)OCCC(c3ccc(F)cc3)O2)c(=O)[nH]1.Nc1nc2c(ncn2CCOCP2(=O)OCCC(c3ccccc3)O2)c(=O)[nH]1.[C-]#[N+]c1ccc(C(=O)SCCOP(=O)(COCCn2cnc3c(=O)[nH]c(N)nc32)OCCSC(=O)c2ccc(C)cc2)cc1. The lowest BCUT2D eigenvalue weighted by Gasteiger charge is -2.29. The number of aromatic nitrogens is 16. The Bertz CT molecular complexity index is 7220. The van der Waals surface area contributed by atoms with Gasteiger partial charge in [-0.15, -0.1) is 0 Å². The molecule has 54 heteroatoms. The molecule has 760 valence electrons. The van der Waals surface area contributed by atoms with E-state index in [1.807, 2.05) is 87.5 Å². The highest BCUT2D eigenvalue weighted by atomic mass is 32.2. The molecular formula is C90H100FN21O24P4S4. The fraction of sp³-hybridized carbons (Fsp3) is 0.322. The quantitative estimate of drug-likeness (QED) is 0.0100. The van der Waals surface area contributed by atoms with E-state index in [1.165, 1.54) is 37.4 Å². The third-order valence-corrected chi connectivity index (χ3v) is 30.8. The number of anilines is 4. The number of nitrogen functional groups attached to an aromatic ring is 4. The Morgan fingerprint density at radius 3 is 1.01 bits per heavy atom. The average molecular weight is 2130 g/mol. The number of imidazole rings is 4. The van der Waals surface area contributed by atoms with Gasteiger partial charge in [-0.05, 0) is 44.0 Å². The van der Waals surface area contributed by atoms with E-state index in [-0.39, 0.29) is 205 Å². The Hall–Kier alpha value is -12.1. The molecule has 2 saturated heterocycles. The highest BCUT2D eigenvalue weighted by molar-refractivity contribution is 8.15. The zero-order valence-electron chi connectivity index (χ0n) is 77.6. The molecule has 0 aliphatic carbocycles. The van der Waals surface area contributed by atoms with E-state index < -0.39 is 58.7 Å². The summed E-state index contributed by atoms with van der Waals surface area (Å²) in [7, 11) is -14.3. The van der Waals surface area contributed by atoms with Crippen LogP contribution in [-0.2, 0) is 99.6 Å². The number of nitrogens with two attached hydrogens (primary N) is 4. The lowest BCUT2D eigenvalue weighted by atomic mass is 10.1. The van der Waals surface area contributed by atoms with E-state index >= 15 is 0 Å². The number of carbonyl (C=O) groups excluding carboxylic acids is 4. The van der Waals surface area contributed by atoms with Crippen molar-refractivity contribution in [1.82, 2.24) is 78.1 Å². The predicted octanol–water partition coefficient (Wildman–Crippen LogP) is 13.8. The molecule has 14 aromatic rings. The Morgan fingerprint density at radius 1 is 0.424 bits per heavy atom. The van der Waals surface area contributed by atoms with Crippen molar-refractivity contribution in [3.8, 4) is 0 Å². The van der Waals surface area contributed by atoms with Crippen molar-refractivity contribution in [3.63, 3.8) is 0 Å². The van der Waals surface area contributed by atoms with Crippen LogP contribution in [0.25, 0.3) is 49.5 Å². The van der Waals surface area contributed by atoms with Gasteiger partial charge in [0.05, 0.1) is 110 Å². The van der Waals surface area contributed by atoms with E-state index in [4.69, 9.17) is 84.6 Å². The molecule has 0 saturated carbocycles. The number of H-pyrrole nitrogens is 4. The molecule has 5 atom stereocenters. The average Bonchev–Trinajstić information content (AvgIpc) is 1.67. The summed E-state index contributed by atoms with van der Waals surface area (Å²) < 4.78 is 139. The third kappa shape index (κ3) is 31.9. The number of halogens is 1. The van der Waals surface area contributed by atoms with Gasteiger partial charge in [0.25, 0.3) is 22.2 Å². The van der Waals surface area contributed by atoms with Crippen LogP contribution in [0.5, 0.6) is 0 Å². The molecular weight excluding hydrogens is 2030 g/mol. The number of aromatic amines is 4. The van der Waals surface area contributed by atoms with Crippen LogP contribution in [0.4, 0.5) is 33.9 Å². The van der Waals surface area contributed by atoms with E-state index in [2.05, 4.69) is 64.7 Å². The van der Waals surface area contributed by atoms with Crippen molar-refractivity contribution in [3.05, 3.63) is 286 Å². The molecule has 12 N–H and O–H groups in total. The summed E-state index contributed by atoms with van der Waals surface area (Å²) in [6, 6.07) is 43.4. The molecule has 10 heterocycles. The maximum Gasteiger partial charge on any atom is 0.356 e. The highest BCUT2D eigenvalue weighted by Crippen LogP contribution is 2.57. The lowest BCUT2D eigenvalue weighted by molar-refractivity contribution is 0.0559. The molecule has 144 heavy (non-hydrogen) atoms. The second-order valence-corrected chi connectivity index (χ2v) is 43.5. The molecule has 0 spiro atoms. The zero-order chi connectivity index (χ0) is 102. The highest BCUT2D eigenvalue weighted by Gasteiger charge is 2.37. The number of hydrogen-bond acceptors (Lipinski definition) is 40. The maximum absolute atomic E-state index is 13.5. The number of ether oxygens (including phenoxy) is 4. The first-order valence-corrected chi connectivity index (χ1v) is 55.0. The molecule has 2 fully saturated rings. The summed E-state index contributed by atoms with van der Waals surface area (Å²) in [6.07, 6.45) is 5.09. The van der Waals surface area contributed by atoms with Gasteiger partial charge in [0, 0.05) is 84.3 Å². The van der Waals surface area contributed by atoms with Gasteiger partial charge in [-0.3, -0.25) is 85.6 Å². The predicted molar refractivity (Wildman–Crippen MR) is 543 cm³/mol. The second-order valence-electron chi connectivity index (χ2n) is 31.4. The molecule has 2 aliphatic rings. The normalized spacial score (nSPS) is 16.2. The summed E-state index contributed by atoms with van der Waals surface area (Å²) in [4.78, 5) is 143. The van der Waals surface area contributed by atoms with Gasteiger partial charge in [-0.1, -0.05) is 203 Å². The number of fused-ring (bicyclic) bond motifs is 4. The summed E-state index contributed by atoms with van der Waals surface area (Å²) in [5, 5.41) is -0.603. The minimum absolute atomic E-state index is 0.00885. The summed E-state index contributed by atoms with van der Waals surface area (Å²) in [5.41, 5.74) is 30.0. The van der Waals surface area contributed by atoms with Gasteiger partial charge < -0.3 is 87.3 Å². The monoisotopic (exact) mass is 2130 g/mol. The number of hydrogen-bond donors (Lipinski definition) is 8. The third-order valence-electron chi connectivity index (χ3n) is 20.7. The number of benzene rings is 6. The van der Waals surface area contributed by atoms with Crippen LogP contribution < -0.4 is 45.2 Å². The summed E-state index contributed by atoms with van der Waals surface area (Å²) >= 11 is 4.12. The molecule has 0 amide bonds. The van der Waals surface area contributed by atoms with Crippen LogP contribution in [0.1, 0.15) is 94.3 Å². The van der Waals surface area contributed by atoms with Crippen molar-refractivity contribution < 1.29 is 97.0 Å². The number of rotatable bonds is 42. The van der Waals surface area contributed by atoms with Crippen molar-refractivity contribution in [2.24, 2.45) is 0 Å². The Balaban J connectivity index is 0.000000164. The van der Waals surface area contributed by atoms with Crippen molar-refractivity contribution in [1.29, 1.82) is 0 Å². The van der Waals surface area contributed by atoms with Gasteiger partial charge in [-0.25, -0.2) is 29.2 Å². The van der Waals surface area contributed by atoms with Gasteiger partial charge in [0.2, 0.25) is 44.3 Å². The molecule has 8 aromatic heterocycles. The molecule has 0 bridgehead atoms. The van der Waals surface area contributed by atoms with Gasteiger partial charge >= 0.3 is 30.4 Å².